The van der Waals surface area contributed by atoms with Crippen LogP contribution in [0.5, 0.6) is 0 Å². The van der Waals surface area contributed by atoms with Crippen LogP contribution in [0.3, 0.4) is 0 Å². The fourth-order valence-electron chi connectivity index (χ4n) is 1.63. The molecule has 6 heteroatoms. The first kappa shape index (κ1) is 15.4. The van der Waals surface area contributed by atoms with E-state index in [-0.39, 0.29) is 6.04 Å². The smallest absolute Gasteiger partial charge is 0.243 e. The van der Waals surface area contributed by atoms with E-state index in [0.29, 0.717) is 17.5 Å². The first-order chi connectivity index (χ1) is 9.69. The maximum atomic E-state index is 6.00. The monoisotopic (exact) mass is 309 g/mol. The number of thioether (sulfide) groups is 2. The van der Waals surface area contributed by atoms with Crippen LogP contribution in [0.2, 0.25) is 0 Å². The highest BCUT2D eigenvalue weighted by Gasteiger charge is 2.14. The molecule has 0 fully saturated rings. The normalized spacial score (nSPS) is 12.6. The second-order valence-corrected chi connectivity index (χ2v) is 6.57. The lowest BCUT2D eigenvalue weighted by atomic mass is 10.2. The molecule has 2 N–H and O–H groups in total. The summed E-state index contributed by atoms with van der Waals surface area (Å²) in [5, 5.41) is 3.98. The minimum Gasteiger partial charge on any atom is -0.338 e. The molecule has 0 saturated carbocycles. The Morgan fingerprint density at radius 2 is 2.05 bits per heavy atom. The lowest BCUT2D eigenvalue weighted by Gasteiger charge is -2.03. The van der Waals surface area contributed by atoms with Crippen molar-refractivity contribution in [2.75, 3.05) is 12.0 Å². The number of aryl methyl sites for hydroxylation is 1. The van der Waals surface area contributed by atoms with E-state index in [1.165, 1.54) is 10.5 Å². The fraction of sp³-hybridized carbons (Fsp3) is 0.429. The molecule has 0 unspecified atom stereocenters. The number of aromatic nitrogens is 2. The summed E-state index contributed by atoms with van der Waals surface area (Å²) in [7, 11) is 0. The maximum Gasteiger partial charge on any atom is 0.243 e. The van der Waals surface area contributed by atoms with Crippen molar-refractivity contribution in [2.24, 2.45) is 5.73 Å². The van der Waals surface area contributed by atoms with Gasteiger partial charge < -0.3 is 10.3 Å². The predicted octanol–water partition coefficient (Wildman–Crippen LogP) is 3.42. The van der Waals surface area contributed by atoms with Crippen molar-refractivity contribution in [2.45, 2.75) is 30.0 Å². The third kappa shape index (κ3) is 4.54. The van der Waals surface area contributed by atoms with Gasteiger partial charge in [0.1, 0.15) is 0 Å². The van der Waals surface area contributed by atoms with Crippen LogP contribution in [-0.4, -0.2) is 22.1 Å². The lowest BCUT2D eigenvalue weighted by Crippen LogP contribution is -2.11. The molecule has 20 heavy (non-hydrogen) atoms. The van der Waals surface area contributed by atoms with Crippen molar-refractivity contribution in [3.8, 4) is 0 Å². The number of hydrogen-bond acceptors (Lipinski definition) is 6. The average Bonchev–Trinajstić information content (AvgIpc) is 2.93. The third-order valence-corrected chi connectivity index (χ3v) is 4.47. The van der Waals surface area contributed by atoms with Crippen LogP contribution >= 0.6 is 23.5 Å². The van der Waals surface area contributed by atoms with Gasteiger partial charge in [-0.1, -0.05) is 22.9 Å². The minimum atomic E-state index is -0.159. The number of nitrogens with zero attached hydrogens (tertiary/aromatic N) is 2. The summed E-state index contributed by atoms with van der Waals surface area (Å²) < 4.78 is 5.22. The van der Waals surface area contributed by atoms with Crippen LogP contribution in [-0.2, 0) is 5.75 Å². The van der Waals surface area contributed by atoms with Crippen LogP contribution in [0.4, 0.5) is 0 Å². The van der Waals surface area contributed by atoms with Crippen molar-refractivity contribution in [3.63, 3.8) is 0 Å². The van der Waals surface area contributed by atoms with E-state index in [1.807, 2.05) is 0 Å². The Balaban J connectivity index is 1.87. The first-order valence-corrected chi connectivity index (χ1v) is 8.83. The molecular weight excluding hydrogens is 290 g/mol. The molecule has 4 nitrogen and oxygen atoms in total. The van der Waals surface area contributed by atoms with Crippen LogP contribution in [0.1, 0.15) is 29.7 Å². The van der Waals surface area contributed by atoms with E-state index in [0.717, 1.165) is 12.2 Å². The quantitative estimate of drug-likeness (QED) is 0.791. The standard InChI is InChI=1S/C14H19N3OS2/c1-10-3-5-11(6-4-10)20-9-13-16-14(18-17-13)12(15)7-8-19-2/h3-6,12H,7-9,15H2,1-2H3/t12-/m1/s1. The van der Waals surface area contributed by atoms with E-state index in [9.17, 15) is 0 Å². The van der Waals surface area contributed by atoms with Gasteiger partial charge >= 0.3 is 0 Å². The summed E-state index contributed by atoms with van der Waals surface area (Å²) in [4.78, 5) is 5.57. The largest absolute Gasteiger partial charge is 0.338 e. The van der Waals surface area contributed by atoms with Gasteiger partial charge in [0.15, 0.2) is 5.82 Å². The number of benzene rings is 1. The highest BCUT2D eigenvalue weighted by Crippen LogP contribution is 2.22. The van der Waals surface area contributed by atoms with Crippen molar-refractivity contribution < 1.29 is 4.52 Å². The van der Waals surface area contributed by atoms with E-state index in [1.54, 1.807) is 23.5 Å². The molecule has 1 atom stereocenters. The minimum absolute atomic E-state index is 0.159. The van der Waals surface area contributed by atoms with Crippen LogP contribution in [0.15, 0.2) is 33.7 Å². The second kappa shape index (κ2) is 7.71. The summed E-state index contributed by atoms with van der Waals surface area (Å²) in [6, 6.07) is 8.24. The zero-order chi connectivity index (χ0) is 14.4. The van der Waals surface area contributed by atoms with Gasteiger partial charge in [0.2, 0.25) is 5.89 Å². The average molecular weight is 309 g/mol. The van der Waals surface area contributed by atoms with Gasteiger partial charge in [-0.25, -0.2) is 0 Å². The summed E-state index contributed by atoms with van der Waals surface area (Å²) in [5.74, 6) is 2.93. The molecular formula is C14H19N3OS2. The Morgan fingerprint density at radius 3 is 2.75 bits per heavy atom. The van der Waals surface area contributed by atoms with Gasteiger partial charge in [-0.3, -0.25) is 0 Å². The van der Waals surface area contributed by atoms with E-state index in [4.69, 9.17) is 10.3 Å². The molecule has 0 radical (unpaired) electrons. The zero-order valence-corrected chi connectivity index (χ0v) is 13.3. The van der Waals surface area contributed by atoms with Crippen LogP contribution in [0.25, 0.3) is 0 Å². The molecule has 2 rings (SSSR count). The van der Waals surface area contributed by atoms with Crippen LogP contribution < -0.4 is 5.73 Å². The lowest BCUT2D eigenvalue weighted by molar-refractivity contribution is 0.350. The summed E-state index contributed by atoms with van der Waals surface area (Å²) in [6.07, 6.45) is 2.91. The van der Waals surface area contributed by atoms with Gasteiger partial charge in [-0.2, -0.15) is 16.7 Å². The Hall–Kier alpha value is -0.980. The fourth-order valence-corrected chi connectivity index (χ4v) is 2.86. The maximum absolute atomic E-state index is 6.00. The molecule has 0 spiro atoms. The Labute approximate surface area is 127 Å². The molecule has 0 amide bonds. The van der Waals surface area contributed by atoms with Gasteiger partial charge in [-0.05, 0) is 37.5 Å². The second-order valence-electron chi connectivity index (χ2n) is 4.54. The molecule has 1 heterocycles. The van der Waals surface area contributed by atoms with E-state index >= 15 is 0 Å². The van der Waals surface area contributed by atoms with Crippen LogP contribution in [0, 0.1) is 6.92 Å². The number of nitrogens with two attached hydrogens (primary N) is 1. The zero-order valence-electron chi connectivity index (χ0n) is 11.7. The summed E-state index contributed by atoms with van der Waals surface area (Å²) in [5.41, 5.74) is 7.26. The topological polar surface area (TPSA) is 64.9 Å². The Bertz CT molecular complexity index is 527. The third-order valence-electron chi connectivity index (χ3n) is 2.82. The molecule has 0 aliphatic rings. The van der Waals surface area contributed by atoms with Crippen molar-refractivity contribution in [1.82, 2.24) is 10.1 Å². The van der Waals surface area contributed by atoms with Gasteiger partial charge in [0.05, 0.1) is 11.8 Å². The molecule has 0 bridgehead atoms. The molecule has 0 saturated heterocycles. The highest BCUT2D eigenvalue weighted by atomic mass is 32.2. The summed E-state index contributed by atoms with van der Waals surface area (Å²) >= 11 is 3.46. The molecule has 0 aliphatic carbocycles. The molecule has 108 valence electrons. The highest BCUT2D eigenvalue weighted by molar-refractivity contribution is 7.98. The van der Waals surface area contributed by atoms with Crippen molar-refractivity contribution >= 4 is 23.5 Å². The Kier molecular flexibility index (Phi) is 5.94. The molecule has 1 aromatic heterocycles. The molecule has 1 aromatic carbocycles. The van der Waals surface area contributed by atoms with Gasteiger partial charge in [0.25, 0.3) is 0 Å². The van der Waals surface area contributed by atoms with E-state index < -0.39 is 0 Å². The SMILES string of the molecule is CSCC[C@@H](N)c1nc(CSc2ccc(C)cc2)no1. The molecule has 0 aliphatic heterocycles. The molecule has 2 aromatic rings. The van der Waals surface area contributed by atoms with Gasteiger partial charge in [0, 0.05) is 4.90 Å². The van der Waals surface area contributed by atoms with E-state index in [2.05, 4.69) is 47.6 Å². The summed E-state index contributed by atoms with van der Waals surface area (Å²) in [6.45, 7) is 2.08. The first-order valence-electron chi connectivity index (χ1n) is 6.45. The number of rotatable bonds is 7. The Morgan fingerprint density at radius 1 is 1.30 bits per heavy atom. The van der Waals surface area contributed by atoms with Gasteiger partial charge in [-0.15, -0.1) is 11.8 Å². The predicted molar refractivity (Wildman–Crippen MR) is 85.0 cm³/mol. The number of hydrogen-bond donors (Lipinski definition) is 1. The van der Waals surface area contributed by atoms with Crippen molar-refractivity contribution in [1.29, 1.82) is 0 Å². The van der Waals surface area contributed by atoms with Crippen molar-refractivity contribution in [3.05, 3.63) is 41.5 Å².